The van der Waals surface area contributed by atoms with E-state index in [-0.39, 0.29) is 60.4 Å². The predicted molar refractivity (Wildman–Crippen MR) is 166 cm³/mol. The fourth-order valence-electron chi connectivity index (χ4n) is 6.09. The maximum atomic E-state index is 15.5. The Balaban J connectivity index is 1.17. The number of oxime groups is 1. The number of pyridine rings is 2. The lowest BCUT2D eigenvalue weighted by Crippen LogP contribution is -2.63. The van der Waals surface area contributed by atoms with Gasteiger partial charge in [-0.2, -0.15) is 0 Å². The number of anilines is 1. The standard InChI is InChI=1S/C28H30FN5O12P2/c1-45-31-21-11-32(25-20(29)9-18-23(35)19(26(36)37)10-34(16-4-5-16)24(18)30-25)12-28(21)13-33(14-28)27(38)46-17-6-2-15(3-7-17)8-22(47(39,40)41)48(42,43)44/h2-3,6-7,9-10,16,22H,4-5,8,11-14H2,1H3,(H,36,37)(H2,39,40,41)(H2,42,43,44)/b31-21-. The predicted octanol–water partition coefficient (Wildman–Crippen LogP) is 2.12. The van der Waals surface area contributed by atoms with Gasteiger partial charge in [0.15, 0.2) is 17.0 Å². The third-order valence-electron chi connectivity index (χ3n) is 8.63. The number of carboxylic acids is 1. The van der Waals surface area contributed by atoms with Gasteiger partial charge in [0.1, 0.15) is 24.1 Å². The van der Waals surface area contributed by atoms with Crippen molar-refractivity contribution in [2.75, 3.05) is 38.2 Å². The van der Waals surface area contributed by atoms with Crippen LogP contribution in [0, 0.1) is 11.2 Å². The number of hydrogen-bond donors (Lipinski definition) is 5. The maximum absolute atomic E-state index is 15.5. The van der Waals surface area contributed by atoms with Crippen molar-refractivity contribution in [3.05, 3.63) is 63.7 Å². The highest BCUT2D eigenvalue weighted by molar-refractivity contribution is 7.70. The number of likely N-dealkylation sites (tertiary alicyclic amines) is 1. The molecule has 1 spiro atoms. The van der Waals surface area contributed by atoms with Gasteiger partial charge in [-0.3, -0.25) is 13.9 Å². The quantitative estimate of drug-likeness (QED) is 0.158. The van der Waals surface area contributed by atoms with Crippen LogP contribution in [0.5, 0.6) is 5.75 Å². The Morgan fingerprint density at radius 3 is 2.31 bits per heavy atom. The van der Waals surface area contributed by atoms with Gasteiger partial charge in [0.2, 0.25) is 5.43 Å². The zero-order valence-electron chi connectivity index (χ0n) is 25.2. The Labute approximate surface area is 270 Å². The summed E-state index contributed by atoms with van der Waals surface area (Å²) in [4.78, 5) is 87.4. The van der Waals surface area contributed by atoms with Crippen molar-refractivity contribution in [3.8, 4) is 5.75 Å². The van der Waals surface area contributed by atoms with Crippen molar-refractivity contribution >= 4 is 49.8 Å². The van der Waals surface area contributed by atoms with Crippen molar-refractivity contribution in [2.24, 2.45) is 10.6 Å². The van der Waals surface area contributed by atoms with E-state index in [1.165, 1.54) is 42.5 Å². The molecule has 1 amide bonds. The van der Waals surface area contributed by atoms with Crippen molar-refractivity contribution in [1.29, 1.82) is 0 Å². The summed E-state index contributed by atoms with van der Waals surface area (Å²) in [6.45, 7) is 0.528. The van der Waals surface area contributed by atoms with E-state index < -0.39 is 61.3 Å². The molecule has 1 saturated carbocycles. The van der Waals surface area contributed by atoms with Gasteiger partial charge in [0, 0.05) is 31.9 Å². The minimum Gasteiger partial charge on any atom is -0.477 e. The number of halogens is 1. The van der Waals surface area contributed by atoms with Crippen LogP contribution in [-0.2, 0) is 20.4 Å². The largest absolute Gasteiger partial charge is 0.477 e. The fourth-order valence-corrected chi connectivity index (χ4v) is 8.55. The molecule has 17 nitrogen and oxygen atoms in total. The number of carbonyl (C=O) groups is 2. The number of hydrogen-bond acceptors (Lipinski definition) is 10. The third-order valence-corrected chi connectivity index (χ3v) is 12.3. The molecule has 3 aliphatic rings. The highest BCUT2D eigenvalue weighted by Gasteiger charge is 2.55. The molecule has 5 N–H and O–H groups in total. The minimum absolute atomic E-state index is 0.0636. The summed E-state index contributed by atoms with van der Waals surface area (Å²) in [5.74, 6) is -2.24. The second-order valence-corrected chi connectivity index (χ2v) is 16.1. The van der Waals surface area contributed by atoms with Crippen LogP contribution in [0.15, 0.2) is 46.5 Å². The summed E-state index contributed by atoms with van der Waals surface area (Å²) in [5.41, 5.74) is -1.16. The SMILES string of the molecule is CO/N=C1/CN(c2nc3c(cc2F)c(=O)c(C(=O)O)cn3C2CC2)CC12CN(C(=O)Oc1ccc(CC(P(=O)(O)O)P(=O)(O)O)cc1)C2. The smallest absolute Gasteiger partial charge is 0.415 e. The Kier molecular flexibility index (Phi) is 8.47. The van der Waals surface area contributed by atoms with Crippen LogP contribution in [0.25, 0.3) is 11.0 Å². The van der Waals surface area contributed by atoms with Crippen LogP contribution in [0.4, 0.5) is 15.0 Å². The highest BCUT2D eigenvalue weighted by atomic mass is 31.2. The first-order valence-electron chi connectivity index (χ1n) is 14.5. The number of aromatic nitrogens is 2. The van der Waals surface area contributed by atoms with Crippen molar-refractivity contribution in [3.63, 3.8) is 0 Å². The molecule has 4 heterocycles. The van der Waals surface area contributed by atoms with Gasteiger partial charge >= 0.3 is 27.3 Å². The summed E-state index contributed by atoms with van der Waals surface area (Å²) in [6.07, 6.45) is 1.42. The van der Waals surface area contributed by atoms with E-state index in [1.54, 1.807) is 9.47 Å². The van der Waals surface area contributed by atoms with E-state index >= 15 is 4.39 Å². The van der Waals surface area contributed by atoms with E-state index in [1.807, 2.05) is 0 Å². The first-order valence-corrected chi connectivity index (χ1v) is 17.9. The molecule has 3 fully saturated rings. The van der Waals surface area contributed by atoms with Gasteiger partial charge in [-0.05, 0) is 43.0 Å². The molecule has 0 atom stereocenters. The first kappa shape index (κ1) is 33.7. The summed E-state index contributed by atoms with van der Waals surface area (Å²) in [7, 11) is -8.88. The summed E-state index contributed by atoms with van der Waals surface area (Å²) >= 11 is 0. The lowest BCUT2D eigenvalue weighted by molar-refractivity contribution is 0.0638. The van der Waals surface area contributed by atoms with Crippen molar-refractivity contribution in [2.45, 2.75) is 30.7 Å². The number of amides is 1. The van der Waals surface area contributed by atoms with Gasteiger partial charge in [-0.1, -0.05) is 17.3 Å². The normalized spacial score (nSPS) is 18.5. The average Bonchev–Trinajstić information content (AvgIpc) is 3.75. The molecule has 2 aliphatic heterocycles. The van der Waals surface area contributed by atoms with Gasteiger partial charge in [-0.25, -0.2) is 19.0 Å². The number of ether oxygens (including phenoxy) is 1. The molecule has 20 heteroatoms. The second-order valence-electron chi connectivity index (χ2n) is 12.1. The lowest BCUT2D eigenvalue weighted by Gasteiger charge is -2.46. The summed E-state index contributed by atoms with van der Waals surface area (Å²) in [6, 6.07) is 6.23. The minimum atomic E-state index is -5.11. The Morgan fingerprint density at radius 1 is 1.10 bits per heavy atom. The second kappa shape index (κ2) is 12.1. The molecular formula is C28H30FN5O12P2. The molecule has 0 radical (unpaired) electrons. The third kappa shape index (κ3) is 6.34. The van der Waals surface area contributed by atoms with Crippen LogP contribution in [0.3, 0.4) is 0 Å². The van der Waals surface area contributed by atoms with E-state index in [9.17, 15) is 48.2 Å². The van der Waals surface area contributed by atoms with Crippen LogP contribution >= 0.6 is 15.2 Å². The Morgan fingerprint density at radius 2 is 1.75 bits per heavy atom. The molecule has 2 aromatic heterocycles. The average molecular weight is 710 g/mol. The number of fused-ring (bicyclic) bond motifs is 1. The Bertz CT molecular complexity index is 1980. The van der Waals surface area contributed by atoms with Crippen LogP contribution in [-0.4, -0.2) is 95.6 Å². The molecule has 2 saturated heterocycles. The van der Waals surface area contributed by atoms with E-state index in [0.717, 1.165) is 18.9 Å². The molecule has 0 bridgehead atoms. The molecule has 256 valence electrons. The first-order chi connectivity index (χ1) is 22.5. The molecule has 1 aromatic carbocycles. The number of carboxylic acid groups (broad SMARTS) is 1. The zero-order valence-corrected chi connectivity index (χ0v) is 27.0. The number of aromatic carboxylic acids is 1. The Hall–Kier alpha value is -4.18. The monoisotopic (exact) mass is 709 g/mol. The molecular weight excluding hydrogens is 679 g/mol. The fraction of sp³-hybridized carbons (Fsp3) is 0.393. The van der Waals surface area contributed by atoms with Crippen molar-refractivity contribution < 1.29 is 57.4 Å². The van der Waals surface area contributed by atoms with E-state index in [0.29, 0.717) is 5.71 Å². The van der Waals surface area contributed by atoms with Crippen LogP contribution in [0.1, 0.15) is 34.8 Å². The van der Waals surface area contributed by atoms with Gasteiger partial charge < -0.3 is 48.6 Å². The highest BCUT2D eigenvalue weighted by Crippen LogP contribution is 2.61. The van der Waals surface area contributed by atoms with E-state index in [2.05, 4.69) is 10.1 Å². The van der Waals surface area contributed by atoms with Gasteiger partial charge in [0.05, 0.1) is 23.1 Å². The molecule has 48 heavy (non-hydrogen) atoms. The van der Waals surface area contributed by atoms with Crippen LogP contribution < -0.4 is 15.1 Å². The van der Waals surface area contributed by atoms with Crippen LogP contribution in [0.2, 0.25) is 0 Å². The zero-order chi connectivity index (χ0) is 34.8. The number of benzene rings is 1. The molecule has 0 unspecified atom stereocenters. The topological polar surface area (TPSA) is 242 Å². The number of nitrogens with zero attached hydrogens (tertiary/aromatic N) is 5. The molecule has 1 aliphatic carbocycles. The molecule has 6 rings (SSSR count). The van der Waals surface area contributed by atoms with Gasteiger partial charge in [0.25, 0.3) is 0 Å². The lowest BCUT2D eigenvalue weighted by atomic mass is 9.78. The molecule has 3 aromatic rings. The van der Waals surface area contributed by atoms with Gasteiger partial charge in [-0.15, -0.1) is 0 Å². The number of carbonyl (C=O) groups excluding carboxylic acids is 1. The number of rotatable bonds is 9. The maximum Gasteiger partial charge on any atom is 0.415 e. The summed E-state index contributed by atoms with van der Waals surface area (Å²) in [5, 5.41) is 11.3. The van der Waals surface area contributed by atoms with Crippen molar-refractivity contribution in [1.82, 2.24) is 14.5 Å². The summed E-state index contributed by atoms with van der Waals surface area (Å²) < 4.78 is 45.7. The van der Waals surface area contributed by atoms with E-state index in [4.69, 9.17) is 9.57 Å².